The van der Waals surface area contributed by atoms with Crippen LogP contribution in [0.3, 0.4) is 0 Å². The second kappa shape index (κ2) is 10.3. The zero-order valence-corrected chi connectivity index (χ0v) is 20.9. The minimum Gasteiger partial charge on any atom is -0.379 e. The number of hydrogen-bond donors (Lipinski definition) is 0. The Morgan fingerprint density at radius 3 is 2.58 bits per heavy atom. The molecule has 0 spiro atoms. The molecule has 2 saturated heterocycles. The van der Waals surface area contributed by atoms with Crippen molar-refractivity contribution in [3.05, 3.63) is 47.8 Å². The van der Waals surface area contributed by atoms with E-state index in [0.717, 1.165) is 24.4 Å². The minimum atomic E-state index is -4.49. The molecule has 8 nitrogen and oxygen atoms in total. The number of imidazole rings is 1. The Labute approximate surface area is 210 Å². The standard InChI is InChI=1S/C23H25F3N4O4S2/c24-23(25,26)21-6-3-16(13-27-21)15-35-22-28-19-12-18(36(31,32)29-7-10-33-11-8-29)4-5-20(19)30(22)14-17-2-1-9-34-17/h3-6,12-13,17H,1-2,7-11,14-15H2/t17-/m0/s1. The average molecular weight is 543 g/mol. The second-order valence-corrected chi connectivity index (χ2v) is 11.5. The van der Waals surface area contributed by atoms with Crippen molar-refractivity contribution < 1.29 is 31.1 Å². The fourth-order valence-corrected chi connectivity index (χ4v) is 6.67. The molecular formula is C23H25F3N4O4S2. The van der Waals surface area contributed by atoms with Crippen LogP contribution in [0.4, 0.5) is 13.2 Å². The summed E-state index contributed by atoms with van der Waals surface area (Å²) in [4.78, 5) is 8.40. The van der Waals surface area contributed by atoms with Crippen LogP contribution in [-0.4, -0.2) is 66.3 Å². The van der Waals surface area contributed by atoms with Crippen LogP contribution in [0, 0.1) is 0 Å². The maximum atomic E-state index is 13.1. The molecule has 2 fully saturated rings. The predicted octanol–water partition coefficient (Wildman–Crippen LogP) is 3.94. The molecule has 2 aromatic heterocycles. The number of thioether (sulfide) groups is 1. The lowest BCUT2D eigenvalue weighted by atomic mass is 10.2. The molecule has 1 atom stereocenters. The van der Waals surface area contributed by atoms with Crippen molar-refractivity contribution in [3.63, 3.8) is 0 Å². The average Bonchev–Trinajstić information content (AvgIpc) is 3.51. The van der Waals surface area contributed by atoms with Crippen molar-refractivity contribution in [2.45, 2.75) is 47.5 Å². The highest BCUT2D eigenvalue weighted by Gasteiger charge is 2.32. The van der Waals surface area contributed by atoms with E-state index >= 15 is 0 Å². The smallest absolute Gasteiger partial charge is 0.379 e. The number of ether oxygens (including phenoxy) is 2. The molecule has 194 valence electrons. The van der Waals surface area contributed by atoms with Crippen LogP contribution in [0.1, 0.15) is 24.1 Å². The maximum absolute atomic E-state index is 13.1. The fraction of sp³-hybridized carbons (Fsp3) is 0.478. The van der Waals surface area contributed by atoms with Crippen LogP contribution < -0.4 is 0 Å². The van der Waals surface area contributed by atoms with E-state index in [4.69, 9.17) is 14.5 Å². The summed E-state index contributed by atoms with van der Waals surface area (Å²) in [5.41, 5.74) is 1.00. The van der Waals surface area contributed by atoms with E-state index in [1.54, 1.807) is 18.2 Å². The summed E-state index contributed by atoms with van der Waals surface area (Å²) in [6.45, 7) is 2.57. The summed E-state index contributed by atoms with van der Waals surface area (Å²) < 4.78 is 79.2. The van der Waals surface area contributed by atoms with Crippen molar-refractivity contribution in [2.24, 2.45) is 0 Å². The summed E-state index contributed by atoms with van der Waals surface area (Å²) in [7, 11) is -3.68. The van der Waals surface area contributed by atoms with Crippen molar-refractivity contribution in [3.8, 4) is 0 Å². The molecule has 13 heteroatoms. The van der Waals surface area contributed by atoms with E-state index < -0.39 is 21.9 Å². The number of aromatic nitrogens is 3. The van der Waals surface area contributed by atoms with Gasteiger partial charge < -0.3 is 14.0 Å². The Hall–Kier alpha value is -2.19. The molecule has 0 radical (unpaired) electrons. The quantitative estimate of drug-likeness (QED) is 0.418. The summed E-state index contributed by atoms with van der Waals surface area (Å²) in [6, 6.07) is 7.30. The normalized spacial score (nSPS) is 19.8. The third-order valence-electron chi connectivity index (χ3n) is 6.19. The van der Waals surface area contributed by atoms with Gasteiger partial charge in [-0.3, -0.25) is 4.98 Å². The summed E-state index contributed by atoms with van der Waals surface area (Å²) in [5, 5.41) is 0.640. The highest BCUT2D eigenvalue weighted by molar-refractivity contribution is 7.98. The fourth-order valence-electron chi connectivity index (χ4n) is 4.29. The molecule has 1 aromatic carbocycles. The van der Waals surface area contributed by atoms with Crippen LogP contribution in [0.5, 0.6) is 0 Å². The molecule has 0 unspecified atom stereocenters. The van der Waals surface area contributed by atoms with E-state index in [1.807, 2.05) is 4.57 Å². The van der Waals surface area contributed by atoms with E-state index in [2.05, 4.69) is 4.98 Å². The first kappa shape index (κ1) is 25.5. The lowest BCUT2D eigenvalue weighted by Crippen LogP contribution is -2.40. The molecule has 5 rings (SSSR count). The van der Waals surface area contributed by atoms with Crippen LogP contribution in [0.25, 0.3) is 11.0 Å². The number of pyridine rings is 1. The summed E-state index contributed by atoms with van der Waals surface area (Å²) in [5.74, 6) is 0.360. The molecule has 0 N–H and O–H groups in total. The van der Waals surface area contributed by atoms with Crippen LogP contribution >= 0.6 is 11.8 Å². The molecule has 0 aliphatic carbocycles. The second-order valence-electron chi connectivity index (χ2n) is 8.65. The van der Waals surface area contributed by atoms with Gasteiger partial charge in [-0.2, -0.15) is 17.5 Å². The third-order valence-corrected chi connectivity index (χ3v) is 9.13. The first-order chi connectivity index (χ1) is 17.2. The Morgan fingerprint density at radius 2 is 1.92 bits per heavy atom. The highest BCUT2D eigenvalue weighted by atomic mass is 32.2. The topological polar surface area (TPSA) is 86.5 Å². The van der Waals surface area contributed by atoms with Crippen LogP contribution in [-0.2, 0) is 38.0 Å². The monoisotopic (exact) mass is 542 g/mol. The number of fused-ring (bicyclic) bond motifs is 1. The number of nitrogens with zero attached hydrogens (tertiary/aromatic N) is 4. The van der Waals surface area contributed by atoms with Crippen LogP contribution in [0.15, 0.2) is 46.6 Å². The highest BCUT2D eigenvalue weighted by Crippen LogP contribution is 2.32. The van der Waals surface area contributed by atoms with Crippen LogP contribution in [0.2, 0.25) is 0 Å². The van der Waals surface area contributed by atoms with Gasteiger partial charge in [-0.25, -0.2) is 13.4 Å². The summed E-state index contributed by atoms with van der Waals surface area (Å²) >= 11 is 1.36. The Morgan fingerprint density at radius 1 is 1.11 bits per heavy atom. The molecule has 2 aliphatic heterocycles. The zero-order chi connectivity index (χ0) is 25.3. The molecule has 2 aliphatic rings. The largest absolute Gasteiger partial charge is 0.433 e. The third kappa shape index (κ3) is 5.40. The van der Waals surface area contributed by atoms with E-state index in [1.165, 1.54) is 28.3 Å². The van der Waals surface area contributed by atoms with Gasteiger partial charge in [0.15, 0.2) is 5.16 Å². The number of halogens is 3. The van der Waals surface area contributed by atoms with Crippen molar-refractivity contribution in [2.75, 3.05) is 32.9 Å². The maximum Gasteiger partial charge on any atom is 0.433 e. The first-order valence-electron chi connectivity index (χ1n) is 11.6. The Kier molecular flexibility index (Phi) is 7.27. The lowest BCUT2D eigenvalue weighted by molar-refractivity contribution is -0.141. The van der Waals surface area contributed by atoms with Gasteiger partial charge in [0.25, 0.3) is 0 Å². The molecule has 0 saturated carbocycles. The molecule has 0 amide bonds. The molecule has 3 aromatic rings. The van der Waals surface area contributed by atoms with Gasteiger partial charge in [-0.05, 0) is 42.7 Å². The van der Waals surface area contributed by atoms with Gasteiger partial charge in [-0.1, -0.05) is 17.8 Å². The van der Waals surface area contributed by atoms with Gasteiger partial charge in [0.2, 0.25) is 10.0 Å². The molecule has 0 bridgehead atoms. The zero-order valence-electron chi connectivity index (χ0n) is 19.3. The molecule has 4 heterocycles. The SMILES string of the molecule is O=S(=O)(c1ccc2c(c1)nc(SCc1ccc(C(F)(F)F)nc1)n2C[C@@H]1CCCO1)N1CCOCC1. The number of alkyl halides is 3. The summed E-state index contributed by atoms with van der Waals surface area (Å²) in [6.07, 6.45) is -1.36. The number of hydrogen-bond acceptors (Lipinski definition) is 7. The first-order valence-corrected chi connectivity index (χ1v) is 14.0. The molecule has 36 heavy (non-hydrogen) atoms. The number of rotatable bonds is 7. The van der Waals surface area contributed by atoms with Crippen molar-refractivity contribution in [1.82, 2.24) is 18.8 Å². The van der Waals surface area contributed by atoms with Gasteiger partial charge >= 0.3 is 6.18 Å². The van der Waals surface area contributed by atoms with E-state index in [9.17, 15) is 21.6 Å². The lowest BCUT2D eigenvalue weighted by Gasteiger charge is -2.26. The number of morpholine rings is 1. The predicted molar refractivity (Wildman–Crippen MR) is 127 cm³/mol. The minimum absolute atomic E-state index is 0.0197. The number of benzene rings is 1. The van der Waals surface area contributed by atoms with Gasteiger partial charge in [0.1, 0.15) is 5.69 Å². The Bertz CT molecular complexity index is 1320. The van der Waals surface area contributed by atoms with Gasteiger partial charge in [0.05, 0.1) is 41.8 Å². The Balaban J connectivity index is 1.43. The van der Waals surface area contributed by atoms with E-state index in [-0.39, 0.29) is 11.0 Å². The number of sulfonamides is 1. The van der Waals surface area contributed by atoms with Crippen molar-refractivity contribution in [1.29, 1.82) is 0 Å². The molecular weight excluding hydrogens is 517 g/mol. The van der Waals surface area contributed by atoms with Gasteiger partial charge in [-0.15, -0.1) is 0 Å². The van der Waals surface area contributed by atoms with Gasteiger partial charge in [0, 0.05) is 31.6 Å². The van der Waals surface area contributed by atoms with E-state index in [0.29, 0.717) is 61.4 Å². The van der Waals surface area contributed by atoms with Crippen molar-refractivity contribution >= 4 is 32.8 Å².